The molecule has 1 nitrogen and oxygen atoms in total. The van der Waals surface area contributed by atoms with Gasteiger partial charge in [0.15, 0.2) is 0 Å². The van der Waals surface area contributed by atoms with Crippen molar-refractivity contribution in [1.82, 2.24) is 0 Å². The molecule has 1 heterocycles. The van der Waals surface area contributed by atoms with Gasteiger partial charge in [-0.2, -0.15) is 0 Å². The number of fused-ring (bicyclic) bond motifs is 1. The molecule has 1 atom stereocenters. The van der Waals surface area contributed by atoms with Gasteiger partial charge in [0.25, 0.3) is 0 Å². The lowest BCUT2D eigenvalue weighted by atomic mass is 9.70. The molecule has 1 fully saturated rings. The first kappa shape index (κ1) is 12.8. The van der Waals surface area contributed by atoms with E-state index < -0.39 is 0 Å². The molecule has 1 aromatic rings. The number of rotatable bonds is 2. The third-order valence-corrected chi connectivity index (χ3v) is 5.11. The molecule has 0 amide bonds. The quantitative estimate of drug-likeness (QED) is 0.680. The molecule has 0 bridgehead atoms. The lowest BCUT2D eigenvalue weighted by molar-refractivity contribution is 0.238. The normalized spacial score (nSPS) is 25.1. The van der Waals surface area contributed by atoms with Gasteiger partial charge >= 0.3 is 0 Å². The Bertz CT molecular complexity index is 457. The van der Waals surface area contributed by atoms with E-state index in [1.54, 1.807) is 0 Å². The van der Waals surface area contributed by atoms with E-state index in [0.717, 1.165) is 6.54 Å². The van der Waals surface area contributed by atoms with Crippen LogP contribution in [0.4, 0.5) is 5.69 Å². The third-order valence-electron chi connectivity index (χ3n) is 5.11. The van der Waals surface area contributed by atoms with Crippen molar-refractivity contribution >= 4 is 5.69 Å². The number of hydrogen-bond acceptors (Lipinski definition) is 1. The summed E-state index contributed by atoms with van der Waals surface area (Å²) in [5.74, 6) is 0.690. The third kappa shape index (κ3) is 2.09. The van der Waals surface area contributed by atoms with Gasteiger partial charge in [0, 0.05) is 17.8 Å². The Morgan fingerprint density at radius 3 is 2.74 bits per heavy atom. The molecular formula is C18H25N. The average molecular weight is 255 g/mol. The van der Waals surface area contributed by atoms with Crippen LogP contribution in [0.25, 0.3) is 0 Å². The molecule has 1 unspecified atom stereocenters. The van der Waals surface area contributed by atoms with Crippen molar-refractivity contribution in [2.75, 3.05) is 11.4 Å². The van der Waals surface area contributed by atoms with Crippen LogP contribution < -0.4 is 4.90 Å². The van der Waals surface area contributed by atoms with E-state index >= 15 is 0 Å². The number of nitrogens with zero attached hydrogens (tertiary/aromatic N) is 1. The zero-order chi connectivity index (χ0) is 13.3. The Kier molecular flexibility index (Phi) is 3.38. The Hall–Kier alpha value is -1.24. The lowest BCUT2D eigenvalue weighted by Gasteiger charge is -2.53. The van der Waals surface area contributed by atoms with Gasteiger partial charge < -0.3 is 4.90 Å². The van der Waals surface area contributed by atoms with E-state index in [1.165, 1.54) is 49.8 Å². The van der Waals surface area contributed by atoms with E-state index in [-0.39, 0.29) is 0 Å². The Morgan fingerprint density at radius 2 is 2.00 bits per heavy atom. The largest absolute Gasteiger partial charge is 0.362 e. The highest BCUT2D eigenvalue weighted by atomic mass is 15.2. The summed E-state index contributed by atoms with van der Waals surface area (Å²) in [6.07, 6.45) is 10.3. The van der Waals surface area contributed by atoms with Crippen molar-refractivity contribution in [3.05, 3.63) is 42.5 Å². The van der Waals surface area contributed by atoms with E-state index in [4.69, 9.17) is 0 Å². The van der Waals surface area contributed by atoms with Gasteiger partial charge in [0.1, 0.15) is 0 Å². The van der Waals surface area contributed by atoms with Gasteiger partial charge in [0.05, 0.1) is 0 Å². The lowest BCUT2D eigenvalue weighted by Crippen LogP contribution is -2.53. The molecule has 1 heteroatoms. The van der Waals surface area contributed by atoms with Crippen LogP contribution in [0.5, 0.6) is 0 Å². The second-order valence-electron chi connectivity index (χ2n) is 6.35. The predicted molar refractivity (Wildman–Crippen MR) is 82.8 cm³/mol. The molecule has 0 N–H and O–H groups in total. The van der Waals surface area contributed by atoms with Gasteiger partial charge in [-0.15, -0.1) is 6.58 Å². The minimum atomic E-state index is 0.403. The fraction of sp³-hybridized carbons (Fsp3) is 0.556. The molecule has 1 aliphatic carbocycles. The molecule has 0 radical (unpaired) electrons. The Balaban J connectivity index is 2.05. The molecule has 0 aromatic heterocycles. The van der Waals surface area contributed by atoms with Crippen LogP contribution in [0.1, 0.15) is 56.9 Å². The molecule has 3 rings (SSSR count). The highest BCUT2D eigenvalue weighted by Crippen LogP contribution is 2.49. The molecule has 1 aromatic carbocycles. The van der Waals surface area contributed by atoms with Crippen molar-refractivity contribution in [3.8, 4) is 0 Å². The predicted octanol–water partition coefficient (Wildman–Crippen LogP) is 4.89. The minimum absolute atomic E-state index is 0.403. The zero-order valence-electron chi connectivity index (χ0n) is 12.1. The number of para-hydroxylation sites is 1. The molecule has 1 spiro atoms. The van der Waals surface area contributed by atoms with Crippen molar-refractivity contribution in [2.45, 2.75) is 56.9 Å². The number of benzene rings is 1. The van der Waals surface area contributed by atoms with Crippen LogP contribution >= 0.6 is 0 Å². The maximum Gasteiger partial charge on any atom is 0.0411 e. The molecule has 2 aliphatic rings. The van der Waals surface area contributed by atoms with Crippen LogP contribution in [-0.2, 0) is 0 Å². The summed E-state index contributed by atoms with van der Waals surface area (Å²) in [7, 11) is 0. The SMILES string of the molecule is C=CCN1c2ccccc2C(C)CC12CCCCC2. The van der Waals surface area contributed by atoms with Crippen molar-refractivity contribution < 1.29 is 0 Å². The maximum atomic E-state index is 3.98. The molecule has 1 saturated carbocycles. The smallest absolute Gasteiger partial charge is 0.0411 e. The standard InChI is InChI=1S/C18H25N/c1-3-13-19-17-10-6-5-9-16(17)15(2)14-18(19)11-7-4-8-12-18/h3,5-6,9-10,15H,1,4,7-8,11-14H2,2H3. The van der Waals surface area contributed by atoms with Crippen molar-refractivity contribution in [3.63, 3.8) is 0 Å². The molecular weight excluding hydrogens is 230 g/mol. The Morgan fingerprint density at radius 1 is 1.26 bits per heavy atom. The van der Waals surface area contributed by atoms with E-state index in [2.05, 4.69) is 48.7 Å². The van der Waals surface area contributed by atoms with Crippen LogP contribution in [0, 0.1) is 0 Å². The molecule has 102 valence electrons. The summed E-state index contributed by atoms with van der Waals surface area (Å²) in [6, 6.07) is 8.99. The molecule has 0 saturated heterocycles. The summed E-state index contributed by atoms with van der Waals surface area (Å²) in [4.78, 5) is 2.66. The summed E-state index contributed by atoms with van der Waals surface area (Å²) < 4.78 is 0. The van der Waals surface area contributed by atoms with Crippen molar-refractivity contribution in [2.24, 2.45) is 0 Å². The first-order valence-electron chi connectivity index (χ1n) is 7.74. The van der Waals surface area contributed by atoms with Crippen molar-refractivity contribution in [1.29, 1.82) is 0 Å². The van der Waals surface area contributed by atoms with Crippen LogP contribution in [0.15, 0.2) is 36.9 Å². The highest BCUT2D eigenvalue weighted by Gasteiger charge is 2.43. The monoisotopic (exact) mass is 255 g/mol. The average Bonchev–Trinajstić information content (AvgIpc) is 2.45. The van der Waals surface area contributed by atoms with Crippen LogP contribution in [-0.4, -0.2) is 12.1 Å². The molecule has 19 heavy (non-hydrogen) atoms. The number of hydrogen-bond donors (Lipinski definition) is 0. The van der Waals surface area contributed by atoms with Gasteiger partial charge in [0.2, 0.25) is 0 Å². The second-order valence-corrected chi connectivity index (χ2v) is 6.35. The summed E-state index contributed by atoms with van der Waals surface area (Å²) in [5, 5.41) is 0. The summed E-state index contributed by atoms with van der Waals surface area (Å²) in [6.45, 7) is 7.38. The highest BCUT2D eigenvalue weighted by molar-refractivity contribution is 5.60. The number of anilines is 1. The van der Waals surface area contributed by atoms with Gasteiger partial charge in [-0.05, 0) is 36.8 Å². The van der Waals surface area contributed by atoms with Crippen LogP contribution in [0.3, 0.4) is 0 Å². The second kappa shape index (κ2) is 5.03. The summed E-state index contributed by atoms with van der Waals surface area (Å²) >= 11 is 0. The zero-order valence-corrected chi connectivity index (χ0v) is 12.1. The van der Waals surface area contributed by atoms with E-state index in [9.17, 15) is 0 Å². The Labute approximate surface area is 117 Å². The topological polar surface area (TPSA) is 3.24 Å². The summed E-state index contributed by atoms with van der Waals surface area (Å²) in [5.41, 5.74) is 3.39. The first-order chi connectivity index (χ1) is 9.27. The van der Waals surface area contributed by atoms with E-state index in [0.29, 0.717) is 11.5 Å². The van der Waals surface area contributed by atoms with Crippen LogP contribution in [0.2, 0.25) is 0 Å². The van der Waals surface area contributed by atoms with Gasteiger partial charge in [-0.3, -0.25) is 0 Å². The molecule has 1 aliphatic heterocycles. The van der Waals surface area contributed by atoms with E-state index in [1.807, 2.05) is 0 Å². The fourth-order valence-electron chi connectivity index (χ4n) is 4.30. The minimum Gasteiger partial charge on any atom is -0.362 e. The first-order valence-corrected chi connectivity index (χ1v) is 7.74. The van der Waals surface area contributed by atoms with Gasteiger partial charge in [-0.25, -0.2) is 0 Å². The van der Waals surface area contributed by atoms with Gasteiger partial charge in [-0.1, -0.05) is 50.5 Å². The maximum absolute atomic E-state index is 3.98. The fourth-order valence-corrected chi connectivity index (χ4v) is 4.30.